The fourth-order valence-electron chi connectivity index (χ4n) is 1.60. The van der Waals surface area contributed by atoms with Crippen molar-refractivity contribution in [2.45, 2.75) is 0 Å². The molecule has 0 saturated heterocycles. The molecule has 0 atom stereocenters. The van der Waals surface area contributed by atoms with Crippen LogP contribution in [0.3, 0.4) is 0 Å². The number of nitrogens with zero attached hydrogens (tertiary/aromatic N) is 3. The van der Waals surface area contributed by atoms with Crippen LogP contribution in [-0.4, -0.2) is 15.2 Å². The smallest absolute Gasteiger partial charge is 0.249 e. The largest absolute Gasteiger partial charge is 0.416 e. The Kier molecular flexibility index (Phi) is 3.08. The predicted molar refractivity (Wildman–Crippen MR) is 70.6 cm³/mol. The van der Waals surface area contributed by atoms with Crippen molar-refractivity contribution in [2.75, 3.05) is 0 Å². The SMILES string of the molecule is Fc1ccc(Br)c(-c2nnc(-c3ccncc3)o2)c1. The van der Waals surface area contributed by atoms with Gasteiger partial charge < -0.3 is 4.42 Å². The first kappa shape index (κ1) is 12.0. The standard InChI is InChI=1S/C13H7BrFN3O/c14-11-2-1-9(15)7-10(11)13-18-17-12(19-13)8-3-5-16-6-4-8/h1-7H. The third-order valence-corrected chi connectivity index (χ3v) is 3.20. The maximum absolute atomic E-state index is 13.2. The maximum Gasteiger partial charge on any atom is 0.249 e. The monoisotopic (exact) mass is 319 g/mol. The second-order valence-electron chi connectivity index (χ2n) is 3.77. The van der Waals surface area contributed by atoms with Crippen molar-refractivity contribution in [3.63, 3.8) is 0 Å². The Labute approximate surface area is 116 Å². The van der Waals surface area contributed by atoms with Gasteiger partial charge in [-0.1, -0.05) is 0 Å². The fourth-order valence-corrected chi connectivity index (χ4v) is 2.02. The minimum Gasteiger partial charge on any atom is -0.416 e. The van der Waals surface area contributed by atoms with Gasteiger partial charge in [0, 0.05) is 22.4 Å². The molecule has 1 aromatic carbocycles. The summed E-state index contributed by atoms with van der Waals surface area (Å²) in [6, 6.07) is 7.82. The van der Waals surface area contributed by atoms with Gasteiger partial charge in [-0.05, 0) is 46.3 Å². The number of pyridine rings is 1. The van der Waals surface area contributed by atoms with E-state index in [9.17, 15) is 4.39 Å². The number of benzene rings is 1. The number of halogens is 2. The lowest BCUT2D eigenvalue weighted by Gasteiger charge is -1.98. The molecule has 3 aromatic rings. The summed E-state index contributed by atoms with van der Waals surface area (Å²) in [4.78, 5) is 3.91. The molecule has 19 heavy (non-hydrogen) atoms. The van der Waals surface area contributed by atoms with Gasteiger partial charge in [0.25, 0.3) is 0 Å². The molecule has 0 radical (unpaired) electrons. The molecule has 0 fully saturated rings. The van der Waals surface area contributed by atoms with Gasteiger partial charge in [-0.3, -0.25) is 4.98 Å². The van der Waals surface area contributed by atoms with Gasteiger partial charge in [-0.15, -0.1) is 10.2 Å². The topological polar surface area (TPSA) is 51.8 Å². The summed E-state index contributed by atoms with van der Waals surface area (Å²) in [5.41, 5.74) is 1.29. The summed E-state index contributed by atoms with van der Waals surface area (Å²) in [5.74, 6) is 0.272. The van der Waals surface area contributed by atoms with Crippen molar-refractivity contribution in [1.82, 2.24) is 15.2 Å². The van der Waals surface area contributed by atoms with Crippen molar-refractivity contribution in [3.05, 3.63) is 53.0 Å². The summed E-state index contributed by atoms with van der Waals surface area (Å²) < 4.78 is 19.5. The molecule has 0 spiro atoms. The Morgan fingerprint density at radius 1 is 1.00 bits per heavy atom. The molecule has 0 saturated carbocycles. The molecular formula is C13H7BrFN3O. The number of aromatic nitrogens is 3. The molecule has 0 N–H and O–H groups in total. The van der Waals surface area contributed by atoms with Crippen molar-refractivity contribution < 1.29 is 8.81 Å². The highest BCUT2D eigenvalue weighted by atomic mass is 79.9. The maximum atomic E-state index is 13.2. The number of rotatable bonds is 2. The number of hydrogen-bond donors (Lipinski definition) is 0. The summed E-state index contributed by atoms with van der Waals surface area (Å²) >= 11 is 3.33. The predicted octanol–water partition coefficient (Wildman–Crippen LogP) is 3.70. The Morgan fingerprint density at radius 2 is 1.74 bits per heavy atom. The van der Waals surface area contributed by atoms with E-state index in [1.165, 1.54) is 12.1 Å². The van der Waals surface area contributed by atoms with Crippen LogP contribution in [0.2, 0.25) is 0 Å². The van der Waals surface area contributed by atoms with Crippen molar-refractivity contribution in [1.29, 1.82) is 0 Å². The molecule has 0 aliphatic rings. The highest BCUT2D eigenvalue weighted by Crippen LogP contribution is 2.29. The minimum atomic E-state index is -0.359. The van der Waals surface area contributed by atoms with E-state index >= 15 is 0 Å². The molecule has 2 aromatic heterocycles. The fraction of sp³-hybridized carbons (Fsp3) is 0. The molecule has 0 aliphatic heterocycles. The van der Waals surface area contributed by atoms with E-state index in [4.69, 9.17) is 4.42 Å². The summed E-state index contributed by atoms with van der Waals surface area (Å²) in [6.45, 7) is 0. The average Bonchev–Trinajstić information content (AvgIpc) is 2.92. The second-order valence-corrected chi connectivity index (χ2v) is 4.63. The molecular weight excluding hydrogens is 313 g/mol. The van der Waals surface area contributed by atoms with E-state index in [1.807, 2.05) is 0 Å². The zero-order valence-electron chi connectivity index (χ0n) is 9.55. The minimum absolute atomic E-state index is 0.262. The van der Waals surface area contributed by atoms with Crippen molar-refractivity contribution in [3.8, 4) is 22.9 Å². The Hall–Kier alpha value is -2.08. The van der Waals surface area contributed by atoms with Gasteiger partial charge in [-0.25, -0.2) is 4.39 Å². The first-order valence-electron chi connectivity index (χ1n) is 5.43. The van der Waals surface area contributed by atoms with Gasteiger partial charge in [0.15, 0.2) is 0 Å². The Balaban J connectivity index is 2.04. The van der Waals surface area contributed by atoms with Crippen LogP contribution in [0.1, 0.15) is 0 Å². The van der Waals surface area contributed by atoms with Gasteiger partial charge in [0.05, 0.1) is 5.56 Å². The van der Waals surface area contributed by atoms with Crippen LogP contribution < -0.4 is 0 Å². The van der Waals surface area contributed by atoms with Crippen molar-refractivity contribution >= 4 is 15.9 Å². The average molecular weight is 320 g/mol. The van der Waals surface area contributed by atoms with E-state index in [2.05, 4.69) is 31.1 Å². The molecule has 2 heterocycles. The highest BCUT2D eigenvalue weighted by Gasteiger charge is 2.13. The molecule has 0 unspecified atom stereocenters. The molecule has 0 amide bonds. The van der Waals surface area contributed by atoms with Crippen molar-refractivity contribution in [2.24, 2.45) is 0 Å². The van der Waals surface area contributed by atoms with Crippen LogP contribution in [0.25, 0.3) is 22.9 Å². The summed E-state index contributed by atoms with van der Waals surface area (Å²) in [7, 11) is 0. The Bertz CT molecular complexity index is 715. The van der Waals surface area contributed by atoms with Crippen LogP contribution in [0.5, 0.6) is 0 Å². The first-order chi connectivity index (χ1) is 9.24. The molecule has 4 nitrogen and oxygen atoms in total. The zero-order chi connectivity index (χ0) is 13.2. The second kappa shape index (κ2) is 4.89. The van der Waals surface area contributed by atoms with Crippen LogP contribution in [-0.2, 0) is 0 Å². The van der Waals surface area contributed by atoms with E-state index in [1.54, 1.807) is 30.6 Å². The lowest BCUT2D eigenvalue weighted by Crippen LogP contribution is -1.82. The summed E-state index contributed by atoms with van der Waals surface area (Å²) in [5, 5.41) is 7.88. The first-order valence-corrected chi connectivity index (χ1v) is 6.22. The van der Waals surface area contributed by atoms with Gasteiger partial charge in [0.1, 0.15) is 5.82 Å². The molecule has 3 rings (SSSR count). The Morgan fingerprint density at radius 3 is 2.53 bits per heavy atom. The molecule has 6 heteroatoms. The van der Waals surface area contributed by atoms with Gasteiger partial charge >= 0.3 is 0 Å². The van der Waals surface area contributed by atoms with E-state index in [0.29, 0.717) is 15.9 Å². The molecule has 94 valence electrons. The lowest BCUT2D eigenvalue weighted by atomic mass is 10.2. The van der Waals surface area contributed by atoms with Gasteiger partial charge in [-0.2, -0.15) is 0 Å². The summed E-state index contributed by atoms with van der Waals surface area (Å²) in [6.07, 6.45) is 3.27. The zero-order valence-corrected chi connectivity index (χ0v) is 11.1. The van der Waals surface area contributed by atoms with Crippen LogP contribution in [0, 0.1) is 5.82 Å². The van der Waals surface area contributed by atoms with E-state index in [0.717, 1.165) is 5.56 Å². The molecule has 0 aliphatic carbocycles. The van der Waals surface area contributed by atoms with E-state index < -0.39 is 0 Å². The lowest BCUT2D eigenvalue weighted by molar-refractivity contribution is 0.581. The van der Waals surface area contributed by atoms with E-state index in [-0.39, 0.29) is 11.7 Å². The number of hydrogen-bond acceptors (Lipinski definition) is 4. The third kappa shape index (κ3) is 2.39. The molecule has 0 bridgehead atoms. The third-order valence-electron chi connectivity index (χ3n) is 2.51. The van der Waals surface area contributed by atoms with Gasteiger partial charge in [0.2, 0.25) is 11.8 Å². The quantitative estimate of drug-likeness (QED) is 0.722. The van der Waals surface area contributed by atoms with Crippen LogP contribution in [0.15, 0.2) is 51.6 Å². The van der Waals surface area contributed by atoms with Crippen LogP contribution >= 0.6 is 15.9 Å². The van der Waals surface area contributed by atoms with Crippen LogP contribution in [0.4, 0.5) is 4.39 Å². The normalized spacial score (nSPS) is 10.6. The highest BCUT2D eigenvalue weighted by molar-refractivity contribution is 9.10.